The first kappa shape index (κ1) is 15.0. The van der Waals surface area contributed by atoms with Crippen molar-refractivity contribution in [3.05, 3.63) is 28.0 Å². The summed E-state index contributed by atoms with van der Waals surface area (Å²) < 4.78 is 0. The molecule has 1 fully saturated rings. The highest BCUT2D eigenvalue weighted by Gasteiger charge is 2.22. The van der Waals surface area contributed by atoms with Crippen LogP contribution in [0.2, 0.25) is 10.2 Å². The molecule has 0 amide bonds. The van der Waals surface area contributed by atoms with E-state index < -0.39 is 0 Å². The summed E-state index contributed by atoms with van der Waals surface area (Å²) in [5.74, 6) is 0. The lowest BCUT2D eigenvalue weighted by molar-refractivity contribution is 0.176. The van der Waals surface area contributed by atoms with E-state index in [4.69, 9.17) is 23.2 Å². The molecule has 0 N–H and O–H groups in total. The monoisotopic (exact) mass is 301 g/mol. The summed E-state index contributed by atoms with van der Waals surface area (Å²) in [6.07, 6.45) is 4.15. The number of hydrogen-bond acceptors (Lipinski definition) is 3. The third kappa shape index (κ3) is 4.06. The van der Waals surface area contributed by atoms with E-state index in [1.165, 1.54) is 13.0 Å². The molecule has 0 spiro atoms. The van der Waals surface area contributed by atoms with E-state index in [1.807, 2.05) is 0 Å². The van der Waals surface area contributed by atoms with Crippen LogP contribution in [0.1, 0.15) is 25.3 Å². The second-order valence-electron chi connectivity index (χ2n) is 5.25. The third-order valence-electron chi connectivity index (χ3n) is 3.76. The van der Waals surface area contributed by atoms with Crippen LogP contribution in [0.25, 0.3) is 0 Å². The van der Waals surface area contributed by atoms with Crippen LogP contribution in [0.5, 0.6) is 0 Å². The van der Waals surface area contributed by atoms with E-state index in [2.05, 4.69) is 28.8 Å². The molecule has 2 rings (SSSR count). The van der Waals surface area contributed by atoms with E-state index in [-0.39, 0.29) is 0 Å². The van der Waals surface area contributed by atoms with Gasteiger partial charge in [0, 0.05) is 42.5 Å². The molecule has 106 valence electrons. The second-order valence-corrected chi connectivity index (χ2v) is 6.04. The minimum atomic E-state index is 0.455. The number of aromatic nitrogens is 1. The predicted octanol–water partition coefficient (Wildman–Crippen LogP) is 3.30. The van der Waals surface area contributed by atoms with Crippen LogP contribution >= 0.6 is 23.2 Å². The van der Waals surface area contributed by atoms with Crippen LogP contribution in [0.15, 0.2) is 12.3 Å². The Bertz CT molecular complexity index is 425. The Balaban J connectivity index is 2.11. The van der Waals surface area contributed by atoms with Crippen LogP contribution in [0.4, 0.5) is 0 Å². The number of halogens is 2. The van der Waals surface area contributed by atoms with E-state index in [0.717, 1.165) is 31.6 Å². The molecular weight excluding hydrogens is 281 g/mol. The highest BCUT2D eigenvalue weighted by atomic mass is 35.5. The molecular formula is C14H21Cl2N3. The summed E-state index contributed by atoms with van der Waals surface area (Å²) >= 11 is 12.1. The van der Waals surface area contributed by atoms with Gasteiger partial charge in [0.25, 0.3) is 0 Å². The zero-order chi connectivity index (χ0) is 13.8. The molecule has 3 nitrogen and oxygen atoms in total. The molecule has 5 heteroatoms. The van der Waals surface area contributed by atoms with Crippen LogP contribution in [0.3, 0.4) is 0 Å². The van der Waals surface area contributed by atoms with Gasteiger partial charge >= 0.3 is 0 Å². The van der Waals surface area contributed by atoms with Crippen LogP contribution in [0, 0.1) is 0 Å². The predicted molar refractivity (Wildman–Crippen MR) is 80.9 cm³/mol. The first-order valence-electron chi connectivity index (χ1n) is 6.82. The maximum absolute atomic E-state index is 6.25. The van der Waals surface area contributed by atoms with Crippen LogP contribution in [-0.4, -0.2) is 47.5 Å². The molecule has 1 atom stereocenters. The molecule has 2 heterocycles. The van der Waals surface area contributed by atoms with Crippen molar-refractivity contribution < 1.29 is 0 Å². The van der Waals surface area contributed by atoms with E-state index in [9.17, 15) is 0 Å². The van der Waals surface area contributed by atoms with Crippen molar-refractivity contribution in [3.8, 4) is 0 Å². The topological polar surface area (TPSA) is 19.4 Å². The van der Waals surface area contributed by atoms with E-state index >= 15 is 0 Å². The van der Waals surface area contributed by atoms with E-state index in [1.54, 1.807) is 12.3 Å². The molecule has 1 aliphatic rings. The standard InChI is InChI=1S/C14H21Cl2N3/c1-3-12-10-18(2)5-4-6-19(12)9-11-8-17-14(16)7-13(11)15/h7-8,12H,3-6,9-10H2,1-2H3. The number of likely N-dealkylation sites (N-methyl/N-ethyl adjacent to an activating group) is 1. The number of rotatable bonds is 3. The average Bonchev–Trinajstić information content (AvgIpc) is 2.54. The van der Waals surface area contributed by atoms with E-state index in [0.29, 0.717) is 16.2 Å². The lowest BCUT2D eigenvalue weighted by Gasteiger charge is -2.30. The molecule has 0 bridgehead atoms. The molecule has 19 heavy (non-hydrogen) atoms. The maximum Gasteiger partial charge on any atom is 0.130 e. The summed E-state index contributed by atoms with van der Waals surface area (Å²) in [5.41, 5.74) is 1.06. The fourth-order valence-electron chi connectivity index (χ4n) is 2.66. The normalized spacial score (nSPS) is 22.4. The Morgan fingerprint density at radius 3 is 2.84 bits per heavy atom. The zero-order valence-corrected chi connectivity index (χ0v) is 13.1. The van der Waals surface area contributed by atoms with Gasteiger partial charge in [-0.2, -0.15) is 0 Å². The summed E-state index contributed by atoms with van der Waals surface area (Å²) in [6.45, 7) is 6.50. The van der Waals surface area contributed by atoms with Crippen molar-refractivity contribution in [3.63, 3.8) is 0 Å². The first-order valence-corrected chi connectivity index (χ1v) is 7.58. The molecule has 0 aliphatic carbocycles. The Morgan fingerprint density at radius 2 is 2.16 bits per heavy atom. The number of hydrogen-bond donors (Lipinski definition) is 0. The van der Waals surface area contributed by atoms with Gasteiger partial charge < -0.3 is 4.90 Å². The summed E-state index contributed by atoms with van der Waals surface area (Å²) in [7, 11) is 2.20. The van der Waals surface area contributed by atoms with Gasteiger partial charge in [-0.3, -0.25) is 4.90 Å². The van der Waals surface area contributed by atoms with Crippen molar-refractivity contribution >= 4 is 23.2 Å². The Morgan fingerprint density at radius 1 is 1.37 bits per heavy atom. The van der Waals surface area contributed by atoms with Crippen LogP contribution in [-0.2, 0) is 6.54 Å². The SMILES string of the molecule is CCC1CN(C)CCCN1Cc1cnc(Cl)cc1Cl. The highest BCUT2D eigenvalue weighted by Crippen LogP contribution is 2.22. The average molecular weight is 302 g/mol. The van der Waals surface area contributed by atoms with Crippen molar-refractivity contribution in [2.75, 3.05) is 26.7 Å². The van der Waals surface area contributed by atoms with Gasteiger partial charge in [0.05, 0.1) is 0 Å². The zero-order valence-electron chi connectivity index (χ0n) is 11.6. The highest BCUT2D eigenvalue weighted by molar-refractivity contribution is 6.34. The molecule has 1 unspecified atom stereocenters. The Hall–Kier alpha value is -0.350. The fraction of sp³-hybridized carbons (Fsp3) is 0.643. The summed E-state index contributed by atoms with van der Waals surface area (Å²) in [6, 6.07) is 2.31. The largest absolute Gasteiger partial charge is 0.305 e. The molecule has 0 aromatic carbocycles. The van der Waals surface area contributed by atoms with Gasteiger partial charge in [0.15, 0.2) is 0 Å². The second kappa shape index (κ2) is 6.89. The first-order chi connectivity index (χ1) is 9.10. The van der Waals surface area contributed by atoms with Crippen molar-refractivity contribution in [1.82, 2.24) is 14.8 Å². The van der Waals surface area contributed by atoms with Gasteiger partial charge in [-0.25, -0.2) is 4.98 Å². The number of pyridine rings is 1. The van der Waals surface area contributed by atoms with Gasteiger partial charge in [-0.1, -0.05) is 30.1 Å². The van der Waals surface area contributed by atoms with Crippen molar-refractivity contribution in [1.29, 1.82) is 0 Å². The van der Waals surface area contributed by atoms with Gasteiger partial charge in [0.1, 0.15) is 5.15 Å². The molecule has 1 aliphatic heterocycles. The Labute approximate surface area is 125 Å². The van der Waals surface area contributed by atoms with Crippen molar-refractivity contribution in [2.24, 2.45) is 0 Å². The molecule has 1 saturated heterocycles. The Kier molecular flexibility index (Phi) is 5.46. The third-order valence-corrected chi connectivity index (χ3v) is 4.32. The molecule has 1 aromatic rings. The van der Waals surface area contributed by atoms with Gasteiger partial charge in [-0.15, -0.1) is 0 Å². The van der Waals surface area contributed by atoms with Gasteiger partial charge in [-0.05, 0) is 32.5 Å². The summed E-state index contributed by atoms with van der Waals surface area (Å²) in [5, 5.41) is 1.17. The van der Waals surface area contributed by atoms with Gasteiger partial charge in [0.2, 0.25) is 0 Å². The molecule has 0 radical (unpaired) electrons. The van der Waals surface area contributed by atoms with Crippen molar-refractivity contribution in [2.45, 2.75) is 32.4 Å². The molecule has 0 saturated carbocycles. The molecule has 1 aromatic heterocycles. The number of nitrogens with zero attached hydrogens (tertiary/aromatic N) is 3. The maximum atomic E-state index is 6.25. The lowest BCUT2D eigenvalue weighted by Crippen LogP contribution is -2.39. The minimum Gasteiger partial charge on any atom is -0.305 e. The minimum absolute atomic E-state index is 0.455. The summed E-state index contributed by atoms with van der Waals surface area (Å²) in [4.78, 5) is 9.07. The fourth-order valence-corrected chi connectivity index (χ4v) is 3.08. The quantitative estimate of drug-likeness (QED) is 0.799. The van der Waals surface area contributed by atoms with Crippen LogP contribution < -0.4 is 0 Å². The smallest absolute Gasteiger partial charge is 0.130 e. The lowest BCUT2D eigenvalue weighted by atomic mass is 10.1.